The predicted molar refractivity (Wildman–Crippen MR) is 129 cm³/mol. The maximum Gasteiger partial charge on any atom is 0.273 e. The summed E-state index contributed by atoms with van der Waals surface area (Å²) in [6.07, 6.45) is 6.96. The number of nitrogens with one attached hydrogen (secondary N) is 1. The highest BCUT2D eigenvalue weighted by Gasteiger charge is 2.35. The lowest BCUT2D eigenvalue weighted by Crippen LogP contribution is -2.46. The van der Waals surface area contributed by atoms with Gasteiger partial charge in [0.05, 0.1) is 0 Å². The highest BCUT2D eigenvalue weighted by molar-refractivity contribution is 7.10. The van der Waals surface area contributed by atoms with Crippen LogP contribution in [0.25, 0.3) is 0 Å². The summed E-state index contributed by atoms with van der Waals surface area (Å²) in [6.45, 7) is 0.406. The van der Waals surface area contributed by atoms with E-state index in [1.54, 1.807) is 29.3 Å². The molecule has 2 aromatic heterocycles. The van der Waals surface area contributed by atoms with Crippen LogP contribution in [0.1, 0.15) is 59.1 Å². The number of amides is 2. The molecule has 34 heavy (non-hydrogen) atoms. The molecule has 1 saturated carbocycles. The summed E-state index contributed by atoms with van der Waals surface area (Å²) in [4.78, 5) is 34.2. The molecule has 1 unspecified atom stereocenters. The van der Waals surface area contributed by atoms with Crippen LogP contribution in [-0.4, -0.2) is 34.5 Å². The number of hydrogen-bond donors (Lipinski definition) is 1. The minimum Gasteiger partial charge on any atom is -0.454 e. The molecule has 1 aromatic carbocycles. The average Bonchev–Trinajstić information content (AvgIpc) is 3.56. The van der Waals surface area contributed by atoms with Gasteiger partial charge in [-0.05, 0) is 54.1 Å². The van der Waals surface area contributed by atoms with Gasteiger partial charge < -0.3 is 19.7 Å². The Bertz CT molecular complexity index is 1130. The molecule has 0 bridgehead atoms. The molecule has 1 N–H and O–H groups in total. The number of hydrogen-bond acceptors (Lipinski definition) is 6. The Morgan fingerprint density at radius 1 is 1.06 bits per heavy atom. The third-order valence-corrected chi connectivity index (χ3v) is 7.18. The number of fused-ring (bicyclic) bond motifs is 1. The molecular weight excluding hydrogens is 450 g/mol. The quantitative estimate of drug-likeness (QED) is 0.533. The largest absolute Gasteiger partial charge is 0.454 e. The fourth-order valence-corrected chi connectivity index (χ4v) is 5.39. The van der Waals surface area contributed by atoms with E-state index in [1.165, 1.54) is 17.8 Å². The number of nitrogens with zero attached hydrogens (tertiary/aromatic N) is 2. The molecule has 2 aliphatic rings. The van der Waals surface area contributed by atoms with Crippen LogP contribution in [0.3, 0.4) is 0 Å². The first-order chi connectivity index (χ1) is 16.7. The molecule has 0 saturated heterocycles. The first-order valence-corrected chi connectivity index (χ1v) is 12.5. The maximum atomic E-state index is 13.7. The van der Waals surface area contributed by atoms with Crippen molar-refractivity contribution in [1.29, 1.82) is 0 Å². The molecule has 8 heteroatoms. The summed E-state index contributed by atoms with van der Waals surface area (Å²) in [5.41, 5.74) is 1.15. The second kappa shape index (κ2) is 10.3. The van der Waals surface area contributed by atoms with Gasteiger partial charge in [-0.2, -0.15) is 0 Å². The number of benzene rings is 1. The highest BCUT2D eigenvalue weighted by Crippen LogP contribution is 2.35. The SMILES string of the molecule is O=C(NC1CCCCC1)C(c1cccs1)N(Cc1ccc2c(c1)OCO2)C(=O)c1ccccn1. The zero-order valence-electron chi connectivity index (χ0n) is 18.8. The maximum absolute atomic E-state index is 13.7. The van der Waals surface area contributed by atoms with Crippen molar-refractivity contribution in [3.8, 4) is 11.5 Å². The van der Waals surface area contributed by atoms with Gasteiger partial charge in [0, 0.05) is 23.7 Å². The number of aromatic nitrogens is 1. The Morgan fingerprint density at radius 3 is 2.68 bits per heavy atom. The van der Waals surface area contributed by atoms with Gasteiger partial charge in [0.25, 0.3) is 5.91 Å². The van der Waals surface area contributed by atoms with Crippen LogP contribution in [0.4, 0.5) is 0 Å². The molecule has 7 nitrogen and oxygen atoms in total. The number of thiophene rings is 1. The van der Waals surface area contributed by atoms with E-state index in [-0.39, 0.29) is 31.2 Å². The second-order valence-electron chi connectivity index (χ2n) is 8.60. The summed E-state index contributed by atoms with van der Waals surface area (Å²) < 4.78 is 11.0. The first kappa shape index (κ1) is 22.4. The molecular formula is C26H27N3O4S. The van der Waals surface area contributed by atoms with E-state index in [0.29, 0.717) is 17.2 Å². The zero-order valence-corrected chi connectivity index (χ0v) is 19.6. The Balaban J connectivity index is 1.49. The van der Waals surface area contributed by atoms with E-state index in [9.17, 15) is 9.59 Å². The van der Waals surface area contributed by atoms with Crippen molar-refractivity contribution in [2.75, 3.05) is 6.79 Å². The Morgan fingerprint density at radius 2 is 1.91 bits per heavy atom. The number of carbonyl (C=O) groups is 2. The van der Waals surface area contributed by atoms with Crippen LogP contribution in [0, 0.1) is 0 Å². The van der Waals surface area contributed by atoms with Gasteiger partial charge in [0.1, 0.15) is 11.7 Å². The fraction of sp³-hybridized carbons (Fsp3) is 0.346. The van der Waals surface area contributed by atoms with E-state index in [0.717, 1.165) is 36.1 Å². The number of carbonyl (C=O) groups excluding carboxylic acids is 2. The molecule has 176 valence electrons. The van der Waals surface area contributed by atoms with Crippen LogP contribution in [0.2, 0.25) is 0 Å². The van der Waals surface area contributed by atoms with Crippen LogP contribution >= 0.6 is 11.3 Å². The average molecular weight is 478 g/mol. The first-order valence-electron chi connectivity index (χ1n) is 11.6. The molecule has 2 amide bonds. The monoisotopic (exact) mass is 477 g/mol. The molecule has 1 aliphatic carbocycles. The van der Waals surface area contributed by atoms with Crippen molar-refractivity contribution < 1.29 is 19.1 Å². The summed E-state index contributed by atoms with van der Waals surface area (Å²) in [6, 6.07) is 14.0. The van der Waals surface area contributed by atoms with Gasteiger partial charge in [0.15, 0.2) is 11.5 Å². The predicted octanol–water partition coefficient (Wildman–Crippen LogP) is 4.70. The van der Waals surface area contributed by atoms with Crippen molar-refractivity contribution in [3.05, 3.63) is 76.2 Å². The lowest BCUT2D eigenvalue weighted by molar-refractivity contribution is -0.127. The minimum absolute atomic E-state index is 0.140. The summed E-state index contributed by atoms with van der Waals surface area (Å²) >= 11 is 1.47. The third kappa shape index (κ3) is 4.92. The lowest BCUT2D eigenvalue weighted by Gasteiger charge is -2.32. The number of pyridine rings is 1. The van der Waals surface area contributed by atoms with Gasteiger partial charge in [-0.3, -0.25) is 14.6 Å². The molecule has 3 heterocycles. The molecule has 0 radical (unpaired) electrons. The van der Waals surface area contributed by atoms with Gasteiger partial charge in [-0.15, -0.1) is 11.3 Å². The van der Waals surface area contributed by atoms with E-state index in [1.807, 2.05) is 35.7 Å². The normalized spacial score (nSPS) is 16.1. The minimum atomic E-state index is -0.762. The van der Waals surface area contributed by atoms with E-state index in [2.05, 4.69) is 10.3 Å². The van der Waals surface area contributed by atoms with Crippen molar-refractivity contribution in [2.45, 2.75) is 50.7 Å². The number of ether oxygens (including phenoxy) is 2. The van der Waals surface area contributed by atoms with Crippen LogP contribution in [-0.2, 0) is 11.3 Å². The van der Waals surface area contributed by atoms with Gasteiger partial charge in [-0.25, -0.2) is 0 Å². The van der Waals surface area contributed by atoms with Crippen molar-refractivity contribution in [3.63, 3.8) is 0 Å². The highest BCUT2D eigenvalue weighted by atomic mass is 32.1. The smallest absolute Gasteiger partial charge is 0.273 e. The zero-order chi connectivity index (χ0) is 23.3. The summed E-state index contributed by atoms with van der Waals surface area (Å²) in [5, 5.41) is 5.16. The fourth-order valence-electron chi connectivity index (χ4n) is 4.55. The lowest BCUT2D eigenvalue weighted by atomic mass is 9.95. The molecule has 3 aromatic rings. The van der Waals surface area contributed by atoms with Crippen LogP contribution in [0.5, 0.6) is 11.5 Å². The topological polar surface area (TPSA) is 80.8 Å². The molecule has 1 atom stereocenters. The summed E-state index contributed by atoms with van der Waals surface area (Å²) in [7, 11) is 0. The molecule has 0 spiro atoms. The standard InChI is InChI=1S/C26H27N3O4S/c30-25(28-19-7-2-1-3-8-19)24(23-10-6-14-34-23)29(26(31)20-9-4-5-13-27-20)16-18-11-12-21-22(15-18)33-17-32-21/h4-6,9-15,19,24H,1-3,7-8,16-17H2,(H,28,30). The van der Waals surface area contributed by atoms with E-state index >= 15 is 0 Å². The van der Waals surface area contributed by atoms with Crippen LogP contribution < -0.4 is 14.8 Å². The van der Waals surface area contributed by atoms with Crippen molar-refractivity contribution >= 4 is 23.2 Å². The van der Waals surface area contributed by atoms with E-state index in [4.69, 9.17) is 9.47 Å². The van der Waals surface area contributed by atoms with Gasteiger partial charge in [0.2, 0.25) is 12.7 Å². The Hall–Kier alpha value is -3.39. The molecule has 1 fully saturated rings. The number of rotatable bonds is 7. The van der Waals surface area contributed by atoms with Crippen LogP contribution in [0.15, 0.2) is 60.1 Å². The Kier molecular flexibility index (Phi) is 6.76. The van der Waals surface area contributed by atoms with Gasteiger partial charge in [-0.1, -0.05) is 37.5 Å². The van der Waals surface area contributed by atoms with Gasteiger partial charge >= 0.3 is 0 Å². The van der Waals surface area contributed by atoms with Crippen molar-refractivity contribution in [2.24, 2.45) is 0 Å². The third-order valence-electron chi connectivity index (χ3n) is 6.26. The van der Waals surface area contributed by atoms with Crippen molar-refractivity contribution in [1.82, 2.24) is 15.2 Å². The van der Waals surface area contributed by atoms with E-state index < -0.39 is 6.04 Å². The Labute approximate surface area is 202 Å². The molecule has 1 aliphatic heterocycles. The summed E-state index contributed by atoms with van der Waals surface area (Å²) in [5.74, 6) is 0.869. The second-order valence-corrected chi connectivity index (χ2v) is 9.58. The molecule has 5 rings (SSSR count).